The fraction of sp³-hybridized carbons (Fsp3) is 0.706. The normalized spacial score (nSPS) is 27.2. The van der Waals surface area contributed by atoms with Crippen molar-refractivity contribution in [3.05, 3.63) is 24.2 Å². The first kappa shape index (κ1) is 15.5. The van der Waals surface area contributed by atoms with E-state index in [0.29, 0.717) is 10.7 Å². The molecule has 0 spiro atoms. The molecule has 0 bridgehead atoms. The summed E-state index contributed by atoms with van der Waals surface area (Å²) >= 11 is 1.90. The second kappa shape index (κ2) is 6.72. The Morgan fingerprint density at radius 3 is 2.85 bits per heavy atom. The molecular weight excluding hydrogens is 266 g/mol. The van der Waals surface area contributed by atoms with Crippen LogP contribution in [0.5, 0.6) is 0 Å². The van der Waals surface area contributed by atoms with Gasteiger partial charge in [-0.05, 0) is 42.7 Å². The van der Waals surface area contributed by atoms with Crippen LogP contribution in [0.1, 0.15) is 52.2 Å². The van der Waals surface area contributed by atoms with Crippen molar-refractivity contribution < 1.29 is 4.42 Å². The van der Waals surface area contributed by atoms with E-state index in [4.69, 9.17) is 4.42 Å². The predicted molar refractivity (Wildman–Crippen MR) is 84.3 cm³/mol. The van der Waals surface area contributed by atoms with Gasteiger partial charge < -0.3 is 4.42 Å². The number of nitriles is 1. The average Bonchev–Trinajstić information content (AvgIpc) is 2.98. The number of nitrogens with zero attached hydrogens (tertiary/aromatic N) is 1. The molecule has 0 aromatic carbocycles. The number of thioether (sulfide) groups is 1. The van der Waals surface area contributed by atoms with E-state index in [1.165, 1.54) is 19.3 Å². The Labute approximate surface area is 126 Å². The maximum absolute atomic E-state index is 9.38. The van der Waals surface area contributed by atoms with Crippen LogP contribution in [0.15, 0.2) is 22.8 Å². The molecule has 0 N–H and O–H groups in total. The summed E-state index contributed by atoms with van der Waals surface area (Å²) in [6.45, 7) is 7.03. The molecule has 0 saturated heterocycles. The van der Waals surface area contributed by atoms with Crippen LogP contribution in [-0.4, -0.2) is 5.25 Å². The van der Waals surface area contributed by atoms with Crippen LogP contribution in [0.3, 0.4) is 0 Å². The van der Waals surface area contributed by atoms with Crippen molar-refractivity contribution in [1.82, 2.24) is 0 Å². The summed E-state index contributed by atoms with van der Waals surface area (Å²) in [6, 6.07) is 6.47. The molecule has 3 unspecified atom stereocenters. The SMILES string of the molecule is CCC(C)(C)C1CCC(C#N)C(SCc2ccco2)C1. The molecule has 2 nitrogen and oxygen atoms in total. The topological polar surface area (TPSA) is 36.9 Å². The molecule has 1 saturated carbocycles. The first-order valence-corrected chi connectivity index (χ1v) is 8.65. The van der Waals surface area contributed by atoms with Crippen molar-refractivity contribution >= 4 is 11.8 Å². The highest BCUT2D eigenvalue weighted by Gasteiger charge is 2.37. The molecule has 0 radical (unpaired) electrons. The summed E-state index contributed by atoms with van der Waals surface area (Å²) in [5, 5.41) is 9.83. The van der Waals surface area contributed by atoms with Gasteiger partial charge in [-0.15, -0.1) is 11.8 Å². The van der Waals surface area contributed by atoms with Gasteiger partial charge in [-0.1, -0.05) is 27.2 Å². The average molecular weight is 291 g/mol. The van der Waals surface area contributed by atoms with Crippen molar-refractivity contribution in [2.75, 3.05) is 0 Å². The molecule has 1 fully saturated rings. The van der Waals surface area contributed by atoms with Crippen molar-refractivity contribution in [2.45, 2.75) is 57.5 Å². The monoisotopic (exact) mass is 291 g/mol. The number of rotatable bonds is 5. The summed E-state index contributed by atoms with van der Waals surface area (Å²) in [6.07, 6.45) is 6.37. The second-order valence-corrected chi connectivity index (χ2v) is 7.74. The molecule has 1 aromatic heterocycles. The summed E-state index contributed by atoms with van der Waals surface area (Å²) in [4.78, 5) is 0. The first-order chi connectivity index (χ1) is 9.56. The van der Waals surface area contributed by atoms with E-state index in [9.17, 15) is 5.26 Å². The van der Waals surface area contributed by atoms with Crippen LogP contribution in [0.2, 0.25) is 0 Å². The third kappa shape index (κ3) is 3.61. The van der Waals surface area contributed by atoms with Gasteiger partial charge >= 0.3 is 0 Å². The zero-order valence-corrected chi connectivity index (χ0v) is 13.6. The maximum Gasteiger partial charge on any atom is 0.113 e. The number of furan rings is 1. The maximum atomic E-state index is 9.38. The molecule has 2 rings (SSSR count). The Kier molecular flexibility index (Phi) is 5.21. The summed E-state index contributed by atoms with van der Waals surface area (Å²) in [5.41, 5.74) is 0.393. The minimum Gasteiger partial charge on any atom is -0.468 e. The van der Waals surface area contributed by atoms with Gasteiger partial charge in [0.05, 0.1) is 24.0 Å². The summed E-state index contributed by atoms with van der Waals surface area (Å²) in [7, 11) is 0. The fourth-order valence-corrected chi connectivity index (χ4v) is 4.38. The predicted octanol–water partition coefficient (Wildman–Crippen LogP) is 5.26. The third-order valence-corrected chi connectivity index (χ3v) is 6.39. The Bertz CT molecular complexity index is 446. The zero-order chi connectivity index (χ0) is 14.6. The lowest BCUT2D eigenvalue weighted by molar-refractivity contribution is 0.144. The zero-order valence-electron chi connectivity index (χ0n) is 12.8. The van der Waals surface area contributed by atoms with Crippen molar-refractivity contribution in [1.29, 1.82) is 5.26 Å². The van der Waals surface area contributed by atoms with Gasteiger partial charge in [-0.3, -0.25) is 0 Å². The molecule has 1 aromatic rings. The molecule has 1 aliphatic carbocycles. The Morgan fingerprint density at radius 2 is 2.25 bits per heavy atom. The van der Waals surface area contributed by atoms with Crippen LogP contribution < -0.4 is 0 Å². The van der Waals surface area contributed by atoms with Crippen molar-refractivity contribution in [2.24, 2.45) is 17.3 Å². The lowest BCUT2D eigenvalue weighted by Crippen LogP contribution is -2.34. The van der Waals surface area contributed by atoms with Gasteiger partial charge in [0.2, 0.25) is 0 Å². The lowest BCUT2D eigenvalue weighted by atomic mass is 9.67. The number of hydrogen-bond donors (Lipinski definition) is 0. The van der Waals surface area contributed by atoms with Gasteiger partial charge in [0, 0.05) is 5.25 Å². The van der Waals surface area contributed by atoms with Crippen molar-refractivity contribution in [3.8, 4) is 6.07 Å². The fourth-order valence-electron chi connectivity index (χ4n) is 3.04. The van der Waals surface area contributed by atoms with Crippen LogP contribution in [0.4, 0.5) is 0 Å². The Hall–Kier alpha value is -0.880. The van der Waals surface area contributed by atoms with Gasteiger partial charge in [-0.25, -0.2) is 0 Å². The molecule has 3 heteroatoms. The van der Waals surface area contributed by atoms with Gasteiger partial charge in [-0.2, -0.15) is 5.26 Å². The molecule has 20 heavy (non-hydrogen) atoms. The number of hydrogen-bond acceptors (Lipinski definition) is 3. The highest BCUT2D eigenvalue weighted by atomic mass is 32.2. The minimum absolute atomic E-state index is 0.207. The van der Waals surface area contributed by atoms with E-state index in [0.717, 1.165) is 23.9 Å². The quantitative estimate of drug-likeness (QED) is 0.742. The molecule has 1 aliphatic rings. The minimum atomic E-state index is 0.207. The van der Waals surface area contributed by atoms with E-state index in [1.807, 2.05) is 23.9 Å². The van der Waals surface area contributed by atoms with Gasteiger partial charge in [0.25, 0.3) is 0 Å². The lowest BCUT2D eigenvalue weighted by Gasteiger charge is -2.41. The molecule has 1 heterocycles. The van der Waals surface area contributed by atoms with Gasteiger partial charge in [0.15, 0.2) is 0 Å². The first-order valence-electron chi connectivity index (χ1n) is 7.60. The molecule has 3 atom stereocenters. The highest BCUT2D eigenvalue weighted by molar-refractivity contribution is 7.99. The van der Waals surface area contributed by atoms with E-state index in [2.05, 4.69) is 26.8 Å². The van der Waals surface area contributed by atoms with E-state index < -0.39 is 0 Å². The van der Waals surface area contributed by atoms with Crippen LogP contribution in [0, 0.1) is 28.6 Å². The largest absolute Gasteiger partial charge is 0.468 e. The molecule has 110 valence electrons. The standard InChI is InChI=1S/C17H25NOS/c1-4-17(2,3)14-8-7-13(11-18)16(10-14)20-12-15-6-5-9-19-15/h5-6,9,13-14,16H,4,7-8,10,12H2,1-3H3. The van der Waals surface area contributed by atoms with Gasteiger partial charge in [0.1, 0.15) is 5.76 Å². The van der Waals surface area contributed by atoms with E-state index in [1.54, 1.807) is 6.26 Å². The Morgan fingerprint density at radius 1 is 1.45 bits per heavy atom. The second-order valence-electron chi connectivity index (χ2n) is 6.52. The Balaban J connectivity index is 1.98. The molecule has 0 amide bonds. The summed E-state index contributed by atoms with van der Waals surface area (Å²) < 4.78 is 5.40. The van der Waals surface area contributed by atoms with Crippen LogP contribution >= 0.6 is 11.8 Å². The molecular formula is C17H25NOS. The van der Waals surface area contributed by atoms with Crippen molar-refractivity contribution in [3.63, 3.8) is 0 Å². The smallest absolute Gasteiger partial charge is 0.113 e. The van der Waals surface area contributed by atoms with Crippen LogP contribution in [-0.2, 0) is 5.75 Å². The summed E-state index contributed by atoms with van der Waals surface area (Å²) in [5.74, 6) is 2.85. The molecule has 0 aliphatic heterocycles. The van der Waals surface area contributed by atoms with E-state index >= 15 is 0 Å². The van der Waals surface area contributed by atoms with E-state index in [-0.39, 0.29) is 5.92 Å². The third-order valence-electron chi connectivity index (χ3n) is 4.99. The highest BCUT2D eigenvalue weighted by Crippen LogP contribution is 2.45. The van der Waals surface area contributed by atoms with Crippen LogP contribution in [0.25, 0.3) is 0 Å².